The number of benzene rings is 2. The van der Waals surface area contributed by atoms with Crippen LogP contribution >= 0.6 is 22.6 Å². The van der Waals surface area contributed by atoms with E-state index in [2.05, 4.69) is 0 Å². The highest BCUT2D eigenvalue weighted by Crippen LogP contribution is 2.27. The van der Waals surface area contributed by atoms with E-state index < -0.39 is 16.0 Å². The van der Waals surface area contributed by atoms with Crippen LogP contribution in [0.2, 0.25) is 0 Å². The van der Waals surface area contributed by atoms with Gasteiger partial charge in [-0.3, -0.25) is 0 Å². The molecule has 0 unspecified atom stereocenters. The van der Waals surface area contributed by atoms with Crippen molar-refractivity contribution in [3.8, 4) is 11.5 Å². The van der Waals surface area contributed by atoms with Gasteiger partial charge in [0.25, 0.3) is 0 Å². The van der Waals surface area contributed by atoms with Gasteiger partial charge in [0, 0.05) is 3.57 Å². The Morgan fingerprint density at radius 3 is 2.29 bits per heavy atom. The third kappa shape index (κ3) is 3.93. The summed E-state index contributed by atoms with van der Waals surface area (Å²) in [4.78, 5) is 11.1. The van der Waals surface area contributed by atoms with E-state index in [0.29, 0.717) is 5.75 Å². The second-order valence-electron chi connectivity index (χ2n) is 4.06. The molecule has 2 rings (SSSR count). The molecule has 3 N–H and O–H groups in total. The van der Waals surface area contributed by atoms with E-state index in [1.54, 1.807) is 12.1 Å². The molecule has 0 aromatic heterocycles. The fourth-order valence-electron chi connectivity index (χ4n) is 1.58. The number of carbonyl (C=O) groups is 1. The highest BCUT2D eigenvalue weighted by atomic mass is 127. The number of hydrogen-bond donors (Lipinski definition) is 2. The summed E-state index contributed by atoms with van der Waals surface area (Å²) < 4.78 is 28.5. The molecule has 8 heteroatoms. The van der Waals surface area contributed by atoms with E-state index in [9.17, 15) is 13.2 Å². The molecule has 6 nitrogen and oxygen atoms in total. The Morgan fingerprint density at radius 2 is 1.76 bits per heavy atom. The smallest absolute Gasteiger partial charge is 0.339 e. The van der Waals surface area contributed by atoms with Gasteiger partial charge in [-0.1, -0.05) is 0 Å². The fourth-order valence-corrected chi connectivity index (χ4v) is 2.59. The molecule has 0 amide bonds. The van der Waals surface area contributed by atoms with Crippen LogP contribution in [0.1, 0.15) is 10.4 Å². The average molecular weight is 419 g/mol. The predicted octanol–water partition coefficient (Wildman–Crippen LogP) is 2.43. The molecule has 110 valence electrons. The minimum Gasteiger partial charge on any atom is -0.478 e. The van der Waals surface area contributed by atoms with Crippen molar-refractivity contribution in [1.82, 2.24) is 0 Å². The Labute approximate surface area is 134 Å². The van der Waals surface area contributed by atoms with E-state index in [4.69, 9.17) is 15.0 Å². The first kappa shape index (κ1) is 15.7. The quantitative estimate of drug-likeness (QED) is 0.741. The first-order valence-electron chi connectivity index (χ1n) is 5.61. The van der Waals surface area contributed by atoms with Crippen LogP contribution < -0.4 is 9.88 Å². The Hall–Kier alpha value is -1.65. The minimum absolute atomic E-state index is 0.0254. The largest absolute Gasteiger partial charge is 0.478 e. The van der Waals surface area contributed by atoms with Gasteiger partial charge in [-0.25, -0.2) is 18.4 Å². The maximum absolute atomic E-state index is 11.2. The molecule has 0 atom stereocenters. The monoisotopic (exact) mass is 419 g/mol. The molecule has 0 radical (unpaired) electrons. The third-order valence-electron chi connectivity index (χ3n) is 2.55. The molecule has 0 saturated carbocycles. The zero-order valence-electron chi connectivity index (χ0n) is 10.5. The molecule has 0 aliphatic heterocycles. The molecule has 2 aromatic rings. The van der Waals surface area contributed by atoms with E-state index in [1.165, 1.54) is 30.3 Å². The number of primary sulfonamides is 1. The molecular weight excluding hydrogens is 409 g/mol. The number of hydrogen-bond acceptors (Lipinski definition) is 4. The molecule has 0 aliphatic rings. The van der Waals surface area contributed by atoms with Crippen molar-refractivity contribution >= 4 is 38.6 Å². The van der Waals surface area contributed by atoms with Crippen LogP contribution in [-0.4, -0.2) is 19.5 Å². The summed E-state index contributed by atoms with van der Waals surface area (Å²) in [5.74, 6) is -0.623. The van der Waals surface area contributed by atoms with Crippen LogP contribution in [0.3, 0.4) is 0 Å². The maximum Gasteiger partial charge on any atom is 0.339 e. The van der Waals surface area contributed by atoms with Gasteiger partial charge in [0.05, 0.1) is 4.90 Å². The summed E-state index contributed by atoms with van der Waals surface area (Å²) in [6.45, 7) is 0. The van der Waals surface area contributed by atoms with Gasteiger partial charge in [0.1, 0.15) is 17.1 Å². The van der Waals surface area contributed by atoms with Crippen molar-refractivity contribution in [1.29, 1.82) is 0 Å². The Kier molecular flexibility index (Phi) is 4.49. The SMILES string of the molecule is NS(=O)(=O)c1ccc(Oc2ccc(I)cc2C(=O)O)cc1. The Morgan fingerprint density at radius 1 is 1.14 bits per heavy atom. The summed E-state index contributed by atoms with van der Waals surface area (Å²) in [6, 6.07) is 10.1. The van der Waals surface area contributed by atoms with Crippen molar-refractivity contribution in [2.75, 3.05) is 0 Å². The number of sulfonamides is 1. The van der Waals surface area contributed by atoms with E-state index in [-0.39, 0.29) is 16.2 Å². The fraction of sp³-hybridized carbons (Fsp3) is 0. The van der Waals surface area contributed by atoms with E-state index >= 15 is 0 Å². The van der Waals surface area contributed by atoms with Crippen LogP contribution in [-0.2, 0) is 10.0 Å². The molecule has 21 heavy (non-hydrogen) atoms. The van der Waals surface area contributed by atoms with Crippen LogP contribution in [0.5, 0.6) is 11.5 Å². The summed E-state index contributed by atoms with van der Waals surface area (Å²) in [7, 11) is -3.77. The standard InChI is InChI=1S/C13H10INO5S/c14-8-1-6-12(11(7-8)13(16)17)20-9-2-4-10(5-3-9)21(15,18)19/h1-7H,(H,16,17)(H2,15,18,19). The van der Waals surface area contributed by atoms with Crippen LogP contribution in [0.4, 0.5) is 0 Å². The lowest BCUT2D eigenvalue weighted by Crippen LogP contribution is -2.11. The molecule has 0 heterocycles. The zero-order valence-corrected chi connectivity index (χ0v) is 13.5. The molecule has 0 spiro atoms. The number of carboxylic acids is 1. The highest BCUT2D eigenvalue weighted by Gasteiger charge is 2.13. The molecule has 0 saturated heterocycles. The number of carboxylic acid groups (broad SMARTS) is 1. The highest BCUT2D eigenvalue weighted by molar-refractivity contribution is 14.1. The second kappa shape index (κ2) is 6.00. The first-order valence-corrected chi connectivity index (χ1v) is 8.23. The predicted molar refractivity (Wildman–Crippen MR) is 84.0 cm³/mol. The van der Waals surface area contributed by atoms with Crippen molar-refractivity contribution in [3.63, 3.8) is 0 Å². The van der Waals surface area contributed by atoms with E-state index in [1.807, 2.05) is 22.6 Å². The summed E-state index contributed by atoms with van der Waals surface area (Å²) in [6.07, 6.45) is 0. The Bertz CT molecular complexity index is 787. The molecule has 0 bridgehead atoms. The summed E-state index contributed by atoms with van der Waals surface area (Å²) >= 11 is 2.00. The van der Waals surface area contributed by atoms with Crippen molar-refractivity contribution in [3.05, 3.63) is 51.6 Å². The Balaban J connectivity index is 2.33. The van der Waals surface area contributed by atoms with Crippen molar-refractivity contribution < 1.29 is 23.1 Å². The van der Waals surface area contributed by atoms with E-state index in [0.717, 1.165) is 3.57 Å². The van der Waals surface area contributed by atoms with Gasteiger partial charge in [0.2, 0.25) is 10.0 Å². The molecule has 2 aromatic carbocycles. The lowest BCUT2D eigenvalue weighted by Gasteiger charge is -2.09. The first-order chi connectivity index (χ1) is 9.77. The van der Waals surface area contributed by atoms with Crippen LogP contribution in [0.25, 0.3) is 0 Å². The molecule has 0 fully saturated rings. The topological polar surface area (TPSA) is 107 Å². The average Bonchev–Trinajstić information content (AvgIpc) is 2.40. The van der Waals surface area contributed by atoms with Crippen molar-refractivity contribution in [2.45, 2.75) is 4.90 Å². The van der Waals surface area contributed by atoms with Crippen LogP contribution in [0.15, 0.2) is 47.4 Å². The minimum atomic E-state index is -3.77. The van der Waals surface area contributed by atoms with Gasteiger partial charge in [-0.05, 0) is 65.1 Å². The number of nitrogens with two attached hydrogens (primary N) is 1. The maximum atomic E-state index is 11.2. The summed E-state index contributed by atoms with van der Waals surface area (Å²) in [5, 5.41) is 14.1. The van der Waals surface area contributed by atoms with Gasteiger partial charge in [-0.15, -0.1) is 0 Å². The molecule has 0 aliphatic carbocycles. The van der Waals surface area contributed by atoms with Gasteiger partial charge in [-0.2, -0.15) is 0 Å². The summed E-state index contributed by atoms with van der Waals surface area (Å²) in [5.41, 5.74) is 0.0254. The zero-order chi connectivity index (χ0) is 15.6. The number of halogens is 1. The van der Waals surface area contributed by atoms with Crippen molar-refractivity contribution in [2.24, 2.45) is 5.14 Å². The lowest BCUT2D eigenvalue weighted by molar-refractivity contribution is 0.0694. The third-order valence-corrected chi connectivity index (χ3v) is 4.15. The second-order valence-corrected chi connectivity index (χ2v) is 6.87. The molecular formula is C13H10INO5S. The number of aromatic carboxylic acids is 1. The van der Waals surface area contributed by atoms with Gasteiger partial charge < -0.3 is 9.84 Å². The number of rotatable bonds is 4. The van der Waals surface area contributed by atoms with Crippen LogP contribution in [0, 0.1) is 3.57 Å². The van der Waals surface area contributed by atoms with Gasteiger partial charge >= 0.3 is 5.97 Å². The normalized spacial score (nSPS) is 11.1. The van der Waals surface area contributed by atoms with Gasteiger partial charge in [0.15, 0.2) is 0 Å². The number of ether oxygens (including phenoxy) is 1. The lowest BCUT2D eigenvalue weighted by atomic mass is 10.2.